The fraction of sp³-hybridized carbons (Fsp3) is 0.444. The van der Waals surface area contributed by atoms with Crippen molar-refractivity contribution in [3.05, 3.63) is 20.8 Å². The lowest BCUT2D eigenvalue weighted by Crippen LogP contribution is -2.36. The summed E-state index contributed by atoms with van der Waals surface area (Å²) >= 11 is 0. The van der Waals surface area contributed by atoms with Crippen LogP contribution in [0.1, 0.15) is 0 Å². The second kappa shape index (κ2) is 4.76. The van der Waals surface area contributed by atoms with Gasteiger partial charge in [0.05, 0.1) is 5.75 Å². The van der Waals surface area contributed by atoms with Gasteiger partial charge in [-0.15, -0.1) is 0 Å². The molecule has 20 heavy (non-hydrogen) atoms. The van der Waals surface area contributed by atoms with E-state index in [4.69, 9.17) is 5.14 Å². The molecule has 0 saturated carbocycles. The fourth-order valence-electron chi connectivity index (χ4n) is 1.72. The Labute approximate surface area is 113 Å². The highest BCUT2D eigenvalue weighted by Crippen LogP contribution is 2.07. The van der Waals surface area contributed by atoms with Gasteiger partial charge in [0.2, 0.25) is 16.0 Å². The molecule has 0 aliphatic carbocycles. The summed E-state index contributed by atoms with van der Waals surface area (Å²) in [6.45, 7) is 0.0346. The van der Waals surface area contributed by atoms with Crippen molar-refractivity contribution in [1.29, 1.82) is 0 Å². The largest absolute Gasteiger partial charge is 0.355 e. The molecule has 11 heteroatoms. The Hall–Kier alpha value is -2.14. The van der Waals surface area contributed by atoms with Crippen LogP contribution >= 0.6 is 0 Å². The van der Waals surface area contributed by atoms with Crippen molar-refractivity contribution in [2.75, 3.05) is 17.6 Å². The van der Waals surface area contributed by atoms with Crippen LogP contribution in [0.25, 0.3) is 11.2 Å². The van der Waals surface area contributed by atoms with E-state index in [1.54, 1.807) is 0 Å². The Balaban J connectivity index is 2.40. The van der Waals surface area contributed by atoms with E-state index in [-0.39, 0.29) is 29.4 Å². The predicted octanol–water partition coefficient (Wildman–Crippen LogP) is -2.34. The van der Waals surface area contributed by atoms with Crippen LogP contribution < -0.4 is 21.7 Å². The SMILES string of the molecule is Cn1c(=O)c2[nH]c(NCCS(N)(=O)=O)nc2n(C)c1=O. The summed E-state index contributed by atoms with van der Waals surface area (Å²) in [5.74, 6) is -0.0805. The normalized spacial score (nSPS) is 11.9. The summed E-state index contributed by atoms with van der Waals surface area (Å²) in [5, 5.41) is 7.56. The highest BCUT2D eigenvalue weighted by molar-refractivity contribution is 7.89. The molecule has 0 aliphatic rings. The van der Waals surface area contributed by atoms with Crippen molar-refractivity contribution < 1.29 is 8.42 Å². The Bertz CT molecular complexity index is 874. The lowest BCUT2D eigenvalue weighted by Gasteiger charge is -2.00. The molecule has 0 amide bonds. The molecule has 2 aromatic rings. The van der Waals surface area contributed by atoms with Crippen molar-refractivity contribution in [2.45, 2.75) is 0 Å². The molecule has 0 unspecified atom stereocenters. The highest BCUT2D eigenvalue weighted by Gasteiger charge is 2.13. The predicted molar refractivity (Wildman–Crippen MR) is 73.0 cm³/mol. The van der Waals surface area contributed by atoms with E-state index < -0.39 is 21.3 Å². The van der Waals surface area contributed by atoms with Crippen LogP contribution in [0, 0.1) is 0 Å². The summed E-state index contributed by atoms with van der Waals surface area (Å²) in [7, 11) is -0.734. The number of nitrogens with zero attached hydrogens (tertiary/aromatic N) is 3. The van der Waals surface area contributed by atoms with Gasteiger partial charge in [0.25, 0.3) is 5.56 Å². The molecule has 2 heterocycles. The van der Waals surface area contributed by atoms with Gasteiger partial charge in [-0.2, -0.15) is 4.98 Å². The number of fused-ring (bicyclic) bond motifs is 1. The molecule has 2 rings (SSSR count). The maximum atomic E-state index is 11.9. The number of aromatic amines is 1. The molecule has 0 atom stereocenters. The van der Waals surface area contributed by atoms with Crippen molar-refractivity contribution in [1.82, 2.24) is 19.1 Å². The number of nitrogens with two attached hydrogens (primary N) is 1. The third kappa shape index (κ3) is 2.58. The molecule has 2 aromatic heterocycles. The summed E-state index contributed by atoms with van der Waals surface area (Å²) in [6, 6.07) is 0. The summed E-state index contributed by atoms with van der Waals surface area (Å²) in [4.78, 5) is 30.3. The number of nitrogens with one attached hydrogen (secondary N) is 2. The number of H-pyrrole nitrogens is 1. The molecule has 0 saturated heterocycles. The summed E-state index contributed by atoms with van der Waals surface area (Å²) < 4.78 is 23.8. The number of imidazole rings is 1. The quantitative estimate of drug-likeness (QED) is 0.577. The number of anilines is 1. The number of aromatic nitrogens is 4. The van der Waals surface area contributed by atoms with Crippen molar-refractivity contribution in [2.24, 2.45) is 19.2 Å². The van der Waals surface area contributed by atoms with Crippen LogP contribution in [0.2, 0.25) is 0 Å². The number of sulfonamides is 1. The van der Waals surface area contributed by atoms with Crippen LogP contribution in [0.15, 0.2) is 9.59 Å². The van der Waals surface area contributed by atoms with E-state index in [1.807, 2.05) is 0 Å². The molecule has 4 N–H and O–H groups in total. The standard InChI is InChI=1S/C9H14N6O4S/c1-14-6-5(7(16)15(2)9(14)17)12-8(13-6)11-3-4-20(10,18)19/h3-4H2,1-2H3,(H2,10,18,19)(H2,11,12,13). The van der Waals surface area contributed by atoms with Crippen molar-refractivity contribution >= 4 is 27.1 Å². The number of primary sulfonamides is 1. The van der Waals surface area contributed by atoms with Gasteiger partial charge >= 0.3 is 5.69 Å². The van der Waals surface area contributed by atoms with Crippen LogP contribution in [0.3, 0.4) is 0 Å². The van der Waals surface area contributed by atoms with Crippen LogP contribution in [-0.4, -0.2) is 39.8 Å². The zero-order valence-corrected chi connectivity index (χ0v) is 11.7. The number of aryl methyl sites for hydroxylation is 1. The maximum absolute atomic E-state index is 11.9. The third-order valence-electron chi connectivity index (χ3n) is 2.77. The Kier molecular flexibility index (Phi) is 3.39. The van der Waals surface area contributed by atoms with Gasteiger partial charge in [-0.1, -0.05) is 0 Å². The Morgan fingerprint density at radius 2 is 1.95 bits per heavy atom. The number of hydrogen-bond donors (Lipinski definition) is 3. The zero-order valence-electron chi connectivity index (χ0n) is 10.9. The zero-order chi connectivity index (χ0) is 15.1. The van der Waals surface area contributed by atoms with Gasteiger partial charge in [0.15, 0.2) is 11.2 Å². The first-order chi connectivity index (χ1) is 9.20. The molecule has 0 radical (unpaired) electrons. The third-order valence-corrected chi connectivity index (χ3v) is 3.55. The topological polar surface area (TPSA) is 145 Å². The van der Waals surface area contributed by atoms with E-state index in [9.17, 15) is 18.0 Å². The van der Waals surface area contributed by atoms with E-state index in [0.29, 0.717) is 0 Å². The van der Waals surface area contributed by atoms with Crippen LogP contribution in [0.4, 0.5) is 5.95 Å². The molecule has 0 bridgehead atoms. The monoisotopic (exact) mass is 302 g/mol. The second-order valence-electron chi connectivity index (χ2n) is 4.28. The smallest absolute Gasteiger partial charge is 0.332 e. The molecular formula is C9H14N6O4S. The lowest BCUT2D eigenvalue weighted by molar-refractivity contribution is 0.598. The van der Waals surface area contributed by atoms with Crippen LogP contribution in [-0.2, 0) is 24.1 Å². The first kappa shape index (κ1) is 14.3. The van der Waals surface area contributed by atoms with E-state index in [1.165, 1.54) is 18.7 Å². The molecule has 0 aliphatic heterocycles. The molecule has 0 fully saturated rings. The van der Waals surface area contributed by atoms with Gasteiger partial charge < -0.3 is 10.3 Å². The van der Waals surface area contributed by atoms with Crippen molar-refractivity contribution in [3.63, 3.8) is 0 Å². The first-order valence-electron chi connectivity index (χ1n) is 5.61. The van der Waals surface area contributed by atoms with Crippen LogP contribution in [0.5, 0.6) is 0 Å². The van der Waals surface area contributed by atoms with Gasteiger partial charge in [-0.25, -0.2) is 18.4 Å². The van der Waals surface area contributed by atoms with E-state index in [2.05, 4.69) is 15.3 Å². The average molecular weight is 302 g/mol. The second-order valence-corrected chi connectivity index (χ2v) is 6.02. The highest BCUT2D eigenvalue weighted by atomic mass is 32.2. The fourth-order valence-corrected chi connectivity index (χ4v) is 2.11. The first-order valence-corrected chi connectivity index (χ1v) is 7.32. The van der Waals surface area contributed by atoms with E-state index in [0.717, 1.165) is 4.57 Å². The van der Waals surface area contributed by atoms with Gasteiger partial charge in [-0.3, -0.25) is 13.9 Å². The summed E-state index contributed by atoms with van der Waals surface area (Å²) in [5.41, 5.74) is -0.649. The molecule has 0 spiro atoms. The van der Waals surface area contributed by atoms with Crippen molar-refractivity contribution in [3.8, 4) is 0 Å². The molecule has 110 valence electrons. The molecule has 0 aromatic carbocycles. The minimum absolute atomic E-state index is 0.0346. The Morgan fingerprint density at radius 1 is 1.30 bits per heavy atom. The molecule has 10 nitrogen and oxygen atoms in total. The minimum atomic E-state index is -3.58. The minimum Gasteiger partial charge on any atom is -0.355 e. The maximum Gasteiger partial charge on any atom is 0.332 e. The van der Waals surface area contributed by atoms with Gasteiger partial charge in [0.1, 0.15) is 0 Å². The average Bonchev–Trinajstić information content (AvgIpc) is 2.76. The van der Waals surface area contributed by atoms with Gasteiger partial charge in [0, 0.05) is 20.6 Å². The number of rotatable bonds is 4. The van der Waals surface area contributed by atoms with E-state index >= 15 is 0 Å². The number of hydrogen-bond acceptors (Lipinski definition) is 6. The van der Waals surface area contributed by atoms with Gasteiger partial charge in [-0.05, 0) is 0 Å². The lowest BCUT2D eigenvalue weighted by atomic mass is 10.5. The summed E-state index contributed by atoms with van der Waals surface area (Å²) in [6.07, 6.45) is 0. The Morgan fingerprint density at radius 3 is 2.55 bits per heavy atom. The molecular weight excluding hydrogens is 288 g/mol.